The predicted octanol–water partition coefficient (Wildman–Crippen LogP) is 1.79. The molecule has 0 saturated heterocycles. The summed E-state index contributed by atoms with van der Waals surface area (Å²) in [6.07, 6.45) is 1.08. The number of aromatic amines is 1. The number of nitrogens with zero attached hydrogens (tertiary/aromatic N) is 2. The molecule has 0 amide bonds. The number of nitrogens with one attached hydrogen (secondary N) is 1. The summed E-state index contributed by atoms with van der Waals surface area (Å²) in [5, 5.41) is 20.0. The fourth-order valence-corrected chi connectivity index (χ4v) is 2.11. The van der Waals surface area contributed by atoms with Gasteiger partial charge in [0.1, 0.15) is 10.9 Å². The number of benzene rings is 1. The van der Waals surface area contributed by atoms with Gasteiger partial charge in [0.2, 0.25) is 5.71 Å². The zero-order valence-electron chi connectivity index (χ0n) is 10.8. The number of aromatic carboxylic acids is 1. The number of hydrogen-bond donors (Lipinski definition) is 2. The van der Waals surface area contributed by atoms with Crippen molar-refractivity contribution in [3.05, 3.63) is 56.6 Å². The Kier molecular flexibility index (Phi) is 2.95. The predicted molar refractivity (Wildman–Crippen MR) is 73.7 cm³/mol. The van der Waals surface area contributed by atoms with Gasteiger partial charge in [0.05, 0.1) is 11.3 Å². The lowest BCUT2D eigenvalue weighted by molar-refractivity contribution is -0.384. The van der Waals surface area contributed by atoms with E-state index in [1.54, 1.807) is 0 Å². The van der Waals surface area contributed by atoms with E-state index >= 15 is 0 Å². The normalized spacial score (nSPS) is 10.7. The first-order valence-corrected chi connectivity index (χ1v) is 5.97. The first kappa shape index (κ1) is 13.5. The molecule has 0 unspecified atom stereocenters. The van der Waals surface area contributed by atoms with Crippen molar-refractivity contribution < 1.29 is 19.2 Å². The number of nitro groups is 1. The van der Waals surface area contributed by atoms with E-state index in [-0.39, 0.29) is 33.7 Å². The summed E-state index contributed by atoms with van der Waals surface area (Å²) < 4.78 is 5.33. The highest BCUT2D eigenvalue weighted by molar-refractivity contribution is 6.06. The Morgan fingerprint density at radius 3 is 2.86 bits per heavy atom. The lowest BCUT2D eigenvalue weighted by Crippen LogP contribution is -2.09. The number of carbonyl (C=O) groups is 1. The van der Waals surface area contributed by atoms with Crippen molar-refractivity contribution in [3.8, 4) is 11.3 Å². The Labute approximate surface area is 121 Å². The van der Waals surface area contributed by atoms with Crippen LogP contribution in [0.1, 0.15) is 10.4 Å². The molecule has 0 radical (unpaired) electrons. The van der Waals surface area contributed by atoms with E-state index in [1.807, 2.05) is 0 Å². The number of rotatable bonds is 3. The molecule has 9 heteroatoms. The average molecular weight is 301 g/mol. The molecule has 2 N–H and O–H groups in total. The molecule has 0 aliphatic heterocycles. The summed E-state index contributed by atoms with van der Waals surface area (Å²) in [5.74, 6) is -1.55. The van der Waals surface area contributed by atoms with Gasteiger partial charge in [0.15, 0.2) is 5.76 Å². The molecule has 3 aromatic rings. The van der Waals surface area contributed by atoms with Crippen LogP contribution in [0.25, 0.3) is 22.4 Å². The quantitative estimate of drug-likeness (QED) is 0.555. The zero-order chi connectivity index (χ0) is 15.9. The van der Waals surface area contributed by atoms with E-state index in [2.05, 4.69) is 9.97 Å². The van der Waals surface area contributed by atoms with E-state index in [4.69, 9.17) is 4.42 Å². The molecule has 0 atom stereocenters. The van der Waals surface area contributed by atoms with Gasteiger partial charge in [0, 0.05) is 17.7 Å². The van der Waals surface area contributed by atoms with Gasteiger partial charge in [-0.25, -0.2) is 9.78 Å². The summed E-state index contributed by atoms with van der Waals surface area (Å²) in [6, 6.07) is 5.27. The Balaban J connectivity index is 2.36. The minimum atomic E-state index is -1.39. The van der Waals surface area contributed by atoms with Crippen LogP contribution in [-0.2, 0) is 0 Å². The molecule has 0 bridgehead atoms. The van der Waals surface area contributed by atoms with Crippen LogP contribution >= 0.6 is 0 Å². The Bertz CT molecular complexity index is 971. The molecule has 110 valence electrons. The van der Waals surface area contributed by atoms with Crippen molar-refractivity contribution in [3.63, 3.8) is 0 Å². The van der Waals surface area contributed by atoms with Crippen LogP contribution < -0.4 is 5.56 Å². The second kappa shape index (κ2) is 4.81. The second-order valence-electron chi connectivity index (χ2n) is 4.33. The maximum atomic E-state index is 11.8. The standard InChI is InChI=1S/C13H7N3O6/c17-11-9-8(13(18)19)10(22-12(9)15-5-14-11)6-2-1-3-7(4-6)16(20)21/h1-5H,(H,18,19)(H,14,15,17). The fourth-order valence-electron chi connectivity index (χ4n) is 2.11. The molecule has 2 aromatic heterocycles. The summed E-state index contributed by atoms with van der Waals surface area (Å²) in [4.78, 5) is 39.5. The number of nitro benzene ring substituents is 1. The minimum Gasteiger partial charge on any atom is -0.478 e. The molecule has 22 heavy (non-hydrogen) atoms. The van der Waals surface area contributed by atoms with Gasteiger partial charge in [-0.2, -0.15) is 0 Å². The van der Waals surface area contributed by atoms with E-state index in [0.29, 0.717) is 0 Å². The van der Waals surface area contributed by atoms with E-state index in [9.17, 15) is 24.8 Å². The maximum absolute atomic E-state index is 11.8. The average Bonchev–Trinajstić information content (AvgIpc) is 2.88. The number of non-ortho nitro benzene ring substituents is 1. The highest BCUT2D eigenvalue weighted by Gasteiger charge is 2.25. The SMILES string of the molecule is O=C(O)c1c(-c2cccc([N+](=O)[O-])c2)oc2nc[nH]c(=O)c12. The first-order chi connectivity index (χ1) is 10.5. The number of fused-ring (bicyclic) bond motifs is 1. The molecule has 0 fully saturated rings. The number of carboxylic acids is 1. The van der Waals surface area contributed by atoms with Crippen LogP contribution in [0.4, 0.5) is 5.69 Å². The van der Waals surface area contributed by atoms with Crippen molar-refractivity contribution in [1.29, 1.82) is 0 Å². The molecule has 0 aliphatic rings. The molecule has 0 spiro atoms. The van der Waals surface area contributed by atoms with Gasteiger partial charge in [0.25, 0.3) is 11.2 Å². The molecule has 0 saturated carbocycles. The lowest BCUT2D eigenvalue weighted by atomic mass is 10.1. The minimum absolute atomic E-state index is 0.150. The number of furan rings is 1. The molecule has 0 aliphatic carbocycles. The third kappa shape index (κ3) is 2.00. The topological polar surface area (TPSA) is 139 Å². The molecular formula is C13H7N3O6. The molecular weight excluding hydrogens is 294 g/mol. The molecule has 9 nitrogen and oxygen atoms in total. The van der Waals surface area contributed by atoms with E-state index < -0.39 is 16.5 Å². The fraction of sp³-hybridized carbons (Fsp3) is 0. The zero-order valence-corrected chi connectivity index (χ0v) is 10.8. The summed E-state index contributed by atoms with van der Waals surface area (Å²) in [7, 11) is 0. The third-order valence-corrected chi connectivity index (χ3v) is 3.03. The smallest absolute Gasteiger partial charge is 0.340 e. The van der Waals surface area contributed by atoms with Crippen LogP contribution in [0.2, 0.25) is 0 Å². The van der Waals surface area contributed by atoms with Gasteiger partial charge in [-0.05, 0) is 0 Å². The molecule has 1 aromatic carbocycles. The van der Waals surface area contributed by atoms with Crippen molar-refractivity contribution in [2.24, 2.45) is 0 Å². The van der Waals surface area contributed by atoms with E-state index in [1.165, 1.54) is 24.3 Å². The number of H-pyrrole nitrogens is 1. The monoisotopic (exact) mass is 301 g/mol. The van der Waals surface area contributed by atoms with Crippen LogP contribution in [-0.4, -0.2) is 26.0 Å². The van der Waals surface area contributed by atoms with Gasteiger partial charge in [-0.15, -0.1) is 0 Å². The van der Waals surface area contributed by atoms with E-state index in [0.717, 1.165) is 6.33 Å². The highest BCUT2D eigenvalue weighted by atomic mass is 16.6. The van der Waals surface area contributed by atoms with Crippen molar-refractivity contribution in [2.75, 3.05) is 0 Å². The molecule has 3 rings (SSSR count). The number of hydrogen-bond acceptors (Lipinski definition) is 6. The largest absolute Gasteiger partial charge is 0.478 e. The summed E-state index contributed by atoms with van der Waals surface area (Å²) >= 11 is 0. The number of aromatic nitrogens is 2. The van der Waals surface area contributed by atoms with Gasteiger partial charge < -0.3 is 14.5 Å². The van der Waals surface area contributed by atoms with Crippen molar-refractivity contribution in [1.82, 2.24) is 9.97 Å². The van der Waals surface area contributed by atoms with Gasteiger partial charge >= 0.3 is 5.97 Å². The van der Waals surface area contributed by atoms with Crippen LogP contribution in [0.15, 0.2) is 39.8 Å². The van der Waals surface area contributed by atoms with Gasteiger partial charge in [-0.3, -0.25) is 14.9 Å². The Hall–Kier alpha value is -3.49. The van der Waals surface area contributed by atoms with Gasteiger partial charge in [-0.1, -0.05) is 12.1 Å². The van der Waals surface area contributed by atoms with Crippen molar-refractivity contribution in [2.45, 2.75) is 0 Å². The summed E-state index contributed by atoms with van der Waals surface area (Å²) in [6.45, 7) is 0. The first-order valence-electron chi connectivity index (χ1n) is 5.97. The molecule has 2 heterocycles. The van der Waals surface area contributed by atoms with Crippen molar-refractivity contribution >= 4 is 22.8 Å². The summed E-state index contributed by atoms with van der Waals surface area (Å²) in [5.41, 5.74) is -1.25. The van der Waals surface area contributed by atoms with Crippen LogP contribution in [0.5, 0.6) is 0 Å². The van der Waals surface area contributed by atoms with Crippen LogP contribution in [0.3, 0.4) is 0 Å². The third-order valence-electron chi connectivity index (χ3n) is 3.03. The lowest BCUT2D eigenvalue weighted by Gasteiger charge is -1.99. The van der Waals surface area contributed by atoms with Crippen LogP contribution in [0, 0.1) is 10.1 Å². The highest BCUT2D eigenvalue weighted by Crippen LogP contribution is 2.32. The Morgan fingerprint density at radius 2 is 2.18 bits per heavy atom. The Morgan fingerprint density at radius 1 is 1.41 bits per heavy atom. The maximum Gasteiger partial charge on any atom is 0.340 e. The second-order valence-corrected chi connectivity index (χ2v) is 4.33. The number of carboxylic acid groups (broad SMARTS) is 1.